The molecule has 0 spiro atoms. The number of fused-ring (bicyclic) bond motifs is 1. The maximum atomic E-state index is 12.1. The monoisotopic (exact) mass is 449 g/mol. The molecule has 1 unspecified atom stereocenters. The Morgan fingerprint density at radius 1 is 1.24 bits per heavy atom. The fourth-order valence-electron chi connectivity index (χ4n) is 4.71. The zero-order chi connectivity index (χ0) is 23.4. The highest BCUT2D eigenvalue weighted by Gasteiger charge is 2.28. The first kappa shape index (κ1) is 22.4. The van der Waals surface area contributed by atoms with E-state index in [1.54, 1.807) is 12.1 Å². The van der Waals surface area contributed by atoms with Crippen LogP contribution >= 0.6 is 0 Å². The van der Waals surface area contributed by atoms with Crippen molar-refractivity contribution in [1.82, 2.24) is 14.5 Å². The van der Waals surface area contributed by atoms with E-state index in [4.69, 9.17) is 9.47 Å². The maximum absolute atomic E-state index is 12.1. The molecule has 0 saturated heterocycles. The van der Waals surface area contributed by atoms with Crippen LogP contribution in [-0.2, 0) is 6.54 Å². The van der Waals surface area contributed by atoms with Gasteiger partial charge in [0.05, 0.1) is 49.4 Å². The second kappa shape index (κ2) is 9.77. The highest BCUT2D eigenvalue weighted by molar-refractivity contribution is 5.88. The van der Waals surface area contributed by atoms with Crippen LogP contribution in [0, 0.1) is 23.2 Å². The van der Waals surface area contributed by atoms with E-state index in [0.29, 0.717) is 35.3 Å². The van der Waals surface area contributed by atoms with Gasteiger partial charge in [0.15, 0.2) is 0 Å². The van der Waals surface area contributed by atoms with Gasteiger partial charge < -0.3 is 19.1 Å². The molecule has 3 aromatic rings. The average molecular weight is 450 g/mol. The van der Waals surface area contributed by atoms with Crippen LogP contribution in [0.4, 0.5) is 10.5 Å². The van der Waals surface area contributed by atoms with Gasteiger partial charge in [0.1, 0.15) is 11.4 Å². The molecule has 1 amide bonds. The van der Waals surface area contributed by atoms with Crippen LogP contribution in [0.3, 0.4) is 0 Å². The lowest BCUT2D eigenvalue weighted by Crippen LogP contribution is -2.36. The molecule has 172 valence electrons. The van der Waals surface area contributed by atoms with Crippen molar-refractivity contribution >= 4 is 22.8 Å². The minimum Gasteiger partial charge on any atom is -0.494 e. The van der Waals surface area contributed by atoms with Crippen LogP contribution in [-0.4, -0.2) is 46.5 Å². The average Bonchev–Trinajstić information content (AvgIpc) is 3.24. The van der Waals surface area contributed by atoms with Crippen molar-refractivity contribution in [2.24, 2.45) is 11.8 Å². The highest BCUT2D eigenvalue weighted by Crippen LogP contribution is 2.35. The van der Waals surface area contributed by atoms with Crippen molar-refractivity contribution in [1.29, 1.82) is 5.26 Å². The summed E-state index contributed by atoms with van der Waals surface area (Å²) in [5.41, 5.74) is 2.86. The first-order chi connectivity index (χ1) is 16.0. The molecule has 33 heavy (non-hydrogen) atoms. The molecule has 0 bridgehead atoms. The van der Waals surface area contributed by atoms with Crippen molar-refractivity contribution in [2.75, 3.05) is 25.7 Å². The number of nitriles is 1. The molecule has 2 heterocycles. The minimum atomic E-state index is -1.04. The third-order valence-electron chi connectivity index (χ3n) is 6.31. The van der Waals surface area contributed by atoms with Crippen molar-refractivity contribution in [3.8, 4) is 17.7 Å². The van der Waals surface area contributed by atoms with Gasteiger partial charge in [0.25, 0.3) is 0 Å². The minimum absolute atomic E-state index is 0.219. The number of carbonyl (C=O) groups is 1. The molecule has 1 N–H and O–H groups in total. The van der Waals surface area contributed by atoms with Crippen molar-refractivity contribution in [2.45, 2.75) is 32.2 Å². The van der Waals surface area contributed by atoms with Gasteiger partial charge in [-0.25, -0.2) is 14.8 Å². The first-order valence-electron chi connectivity index (χ1n) is 11.0. The van der Waals surface area contributed by atoms with Crippen LogP contribution < -0.4 is 14.4 Å². The van der Waals surface area contributed by atoms with E-state index in [-0.39, 0.29) is 5.92 Å². The Balaban J connectivity index is 1.49. The molecule has 1 aliphatic carbocycles. The second-order valence-corrected chi connectivity index (χ2v) is 8.40. The van der Waals surface area contributed by atoms with Crippen molar-refractivity contribution in [3.05, 3.63) is 42.4 Å². The number of hydrogen-bond acceptors (Lipinski definition) is 6. The number of methoxy groups -OCH3 is 2. The number of carboxylic acid groups (broad SMARTS) is 1. The summed E-state index contributed by atoms with van der Waals surface area (Å²) in [5.74, 6) is 1.40. The number of anilines is 1. The van der Waals surface area contributed by atoms with E-state index in [9.17, 15) is 15.2 Å². The van der Waals surface area contributed by atoms with Crippen LogP contribution in [0.2, 0.25) is 0 Å². The van der Waals surface area contributed by atoms with Gasteiger partial charge in [-0.2, -0.15) is 5.26 Å². The number of benzene rings is 1. The number of hydrogen-bond donors (Lipinski definition) is 1. The van der Waals surface area contributed by atoms with Crippen LogP contribution in [0.25, 0.3) is 11.0 Å². The van der Waals surface area contributed by atoms with Crippen molar-refractivity contribution in [3.63, 3.8) is 0 Å². The molecular weight excluding hydrogens is 422 g/mol. The first-order valence-corrected chi connectivity index (χ1v) is 11.0. The van der Waals surface area contributed by atoms with Crippen LogP contribution in [0.1, 0.15) is 31.2 Å². The number of nitrogens with zero attached hydrogens (tertiary/aromatic N) is 5. The number of pyridine rings is 1. The summed E-state index contributed by atoms with van der Waals surface area (Å²) in [6.07, 6.45) is 6.27. The Morgan fingerprint density at radius 3 is 2.79 bits per heavy atom. The molecule has 1 aromatic carbocycles. The Hall–Kier alpha value is -3.80. The summed E-state index contributed by atoms with van der Waals surface area (Å²) in [6.45, 7) is 1.17. The van der Waals surface area contributed by atoms with E-state index in [1.165, 1.54) is 25.3 Å². The summed E-state index contributed by atoms with van der Waals surface area (Å²) < 4.78 is 12.6. The fraction of sp³-hybridized carbons (Fsp3) is 0.417. The van der Waals surface area contributed by atoms with E-state index in [2.05, 4.69) is 20.6 Å². The van der Waals surface area contributed by atoms with Gasteiger partial charge in [-0.1, -0.05) is 6.42 Å². The molecule has 1 saturated carbocycles. The Kier molecular flexibility index (Phi) is 6.63. The lowest BCUT2D eigenvalue weighted by molar-refractivity contribution is 0.195. The summed E-state index contributed by atoms with van der Waals surface area (Å²) >= 11 is 0. The lowest BCUT2D eigenvalue weighted by atomic mass is 9.81. The molecule has 2 aromatic heterocycles. The molecule has 4 rings (SSSR count). The summed E-state index contributed by atoms with van der Waals surface area (Å²) in [6, 6.07) is 9.30. The van der Waals surface area contributed by atoms with E-state index in [0.717, 1.165) is 43.3 Å². The number of imidazole rings is 1. The number of rotatable bonds is 7. The smallest absolute Gasteiger partial charge is 0.411 e. The molecule has 2 atom stereocenters. The van der Waals surface area contributed by atoms with Gasteiger partial charge in [-0.05, 0) is 49.3 Å². The number of aromatic nitrogens is 3. The third kappa shape index (κ3) is 4.85. The van der Waals surface area contributed by atoms with Gasteiger partial charge in [0, 0.05) is 19.2 Å². The van der Waals surface area contributed by atoms with E-state index < -0.39 is 6.09 Å². The predicted molar refractivity (Wildman–Crippen MR) is 123 cm³/mol. The third-order valence-corrected chi connectivity index (χ3v) is 6.31. The normalized spacial score (nSPS) is 18.0. The van der Waals surface area contributed by atoms with Gasteiger partial charge in [-0.15, -0.1) is 0 Å². The fourth-order valence-corrected chi connectivity index (χ4v) is 4.71. The van der Waals surface area contributed by atoms with Crippen LogP contribution in [0.15, 0.2) is 36.8 Å². The lowest BCUT2D eigenvalue weighted by Gasteiger charge is -2.33. The zero-order valence-corrected chi connectivity index (χ0v) is 18.8. The van der Waals surface area contributed by atoms with Crippen LogP contribution in [0.5, 0.6) is 11.6 Å². The summed E-state index contributed by atoms with van der Waals surface area (Å²) in [7, 11) is 3.01. The quantitative estimate of drug-likeness (QED) is 0.572. The number of amides is 1. The Bertz CT molecular complexity index is 1190. The molecule has 0 aliphatic heterocycles. The van der Waals surface area contributed by atoms with E-state index >= 15 is 0 Å². The maximum Gasteiger partial charge on any atom is 0.411 e. The summed E-state index contributed by atoms with van der Waals surface area (Å²) in [4.78, 5) is 22.1. The van der Waals surface area contributed by atoms with Gasteiger partial charge in [-0.3, -0.25) is 4.90 Å². The molecule has 9 nitrogen and oxygen atoms in total. The predicted octanol–water partition coefficient (Wildman–Crippen LogP) is 4.31. The summed E-state index contributed by atoms with van der Waals surface area (Å²) in [5, 5.41) is 19.1. The SMILES string of the molecule is COc1cc(OC)c(N(CC2CCC[C@H](Cn3cnc4ccc(C#N)cc43)C2)C(=O)O)cn1. The Morgan fingerprint density at radius 2 is 2.06 bits per heavy atom. The van der Waals surface area contributed by atoms with Crippen molar-refractivity contribution < 1.29 is 19.4 Å². The standard InChI is InChI=1S/C24H27N5O4/c1-32-22-10-23(33-2)26-12-21(22)29(24(30)31)14-18-5-3-4-17(8-18)13-28-15-27-19-7-6-16(11-25)9-20(19)28/h6-7,9-10,12,15,17-18H,3-5,8,13-14H2,1-2H3,(H,30,31)/t17-,18?/m0/s1. The van der Waals surface area contributed by atoms with Gasteiger partial charge >= 0.3 is 6.09 Å². The molecule has 1 aliphatic rings. The second-order valence-electron chi connectivity index (χ2n) is 8.40. The molecule has 1 fully saturated rings. The van der Waals surface area contributed by atoms with E-state index in [1.807, 2.05) is 18.5 Å². The van der Waals surface area contributed by atoms with Gasteiger partial charge in [0.2, 0.25) is 5.88 Å². The largest absolute Gasteiger partial charge is 0.494 e. The molecule has 0 radical (unpaired) electrons. The zero-order valence-electron chi connectivity index (χ0n) is 18.8. The Labute approximate surface area is 192 Å². The molecular formula is C24H27N5O4. The highest BCUT2D eigenvalue weighted by atomic mass is 16.5. The number of ether oxygens (including phenoxy) is 2. The molecule has 9 heteroatoms. The topological polar surface area (TPSA) is 114 Å².